The molecule has 0 atom stereocenters. The number of benzene rings is 2. The van der Waals surface area contributed by atoms with Crippen LogP contribution in [0.4, 0.5) is 0 Å². The maximum Gasteiger partial charge on any atom is 0.255 e. The number of carbonyl (C=O) groups is 1. The van der Waals surface area contributed by atoms with E-state index in [1.54, 1.807) is 19.2 Å². The molecule has 6 nitrogen and oxygen atoms in total. The Kier molecular flexibility index (Phi) is 5.09. The lowest BCUT2D eigenvalue weighted by Gasteiger charge is -2.15. The summed E-state index contributed by atoms with van der Waals surface area (Å²) in [6, 6.07) is 9.63. The zero-order chi connectivity index (χ0) is 17.8. The largest absolute Gasteiger partial charge is 0.493 e. The summed E-state index contributed by atoms with van der Waals surface area (Å²) in [6.45, 7) is 2.23. The summed E-state index contributed by atoms with van der Waals surface area (Å²) in [7, 11) is 4.56. The number of rotatable bonds is 6. The topological polar surface area (TPSA) is 68.8 Å². The number of amides is 1. The van der Waals surface area contributed by atoms with Gasteiger partial charge < -0.3 is 24.8 Å². The van der Waals surface area contributed by atoms with Crippen LogP contribution in [0.3, 0.4) is 0 Å². The Balaban J connectivity index is 1.77. The Labute approximate surface area is 147 Å². The molecule has 25 heavy (non-hydrogen) atoms. The van der Waals surface area contributed by atoms with Crippen LogP contribution in [0.1, 0.15) is 27.0 Å². The van der Waals surface area contributed by atoms with Gasteiger partial charge in [-0.15, -0.1) is 0 Å². The third-order valence-electron chi connectivity index (χ3n) is 4.30. The smallest absolute Gasteiger partial charge is 0.255 e. The second-order valence-corrected chi connectivity index (χ2v) is 5.77. The first-order chi connectivity index (χ1) is 12.2. The van der Waals surface area contributed by atoms with Gasteiger partial charge in [0, 0.05) is 19.6 Å². The standard InChI is InChI=1S/C19H22N2O4/c1-23-16-7-6-15(17(24-2)18(16)25-3)19(22)21-9-12-4-5-13-10-20-11-14(13)8-12/h4-8,20H,9-11H2,1-3H3,(H,21,22). The summed E-state index contributed by atoms with van der Waals surface area (Å²) in [5.41, 5.74) is 4.07. The summed E-state index contributed by atoms with van der Waals surface area (Å²) in [6.07, 6.45) is 0. The number of methoxy groups -OCH3 is 3. The van der Waals surface area contributed by atoms with Gasteiger partial charge in [-0.1, -0.05) is 18.2 Å². The van der Waals surface area contributed by atoms with E-state index >= 15 is 0 Å². The molecule has 0 aliphatic carbocycles. The van der Waals surface area contributed by atoms with Crippen LogP contribution >= 0.6 is 0 Å². The minimum absolute atomic E-state index is 0.226. The average Bonchev–Trinajstić information content (AvgIpc) is 3.12. The molecule has 1 heterocycles. The second-order valence-electron chi connectivity index (χ2n) is 5.77. The summed E-state index contributed by atoms with van der Waals surface area (Å²) in [4.78, 5) is 12.6. The van der Waals surface area contributed by atoms with Crippen LogP contribution in [0.2, 0.25) is 0 Å². The van der Waals surface area contributed by atoms with Crippen molar-refractivity contribution in [3.05, 3.63) is 52.6 Å². The van der Waals surface area contributed by atoms with Crippen molar-refractivity contribution in [3.63, 3.8) is 0 Å². The summed E-state index contributed by atoms with van der Waals surface area (Å²) < 4.78 is 15.9. The molecule has 1 aliphatic heterocycles. The molecular weight excluding hydrogens is 320 g/mol. The first kappa shape index (κ1) is 17.1. The molecule has 1 aliphatic rings. The predicted octanol–water partition coefficient (Wildman–Crippen LogP) is 2.25. The minimum atomic E-state index is -0.226. The van der Waals surface area contributed by atoms with Crippen LogP contribution in [0.5, 0.6) is 17.2 Å². The van der Waals surface area contributed by atoms with E-state index in [2.05, 4.69) is 22.8 Å². The Bertz CT molecular complexity index is 789. The van der Waals surface area contributed by atoms with E-state index in [9.17, 15) is 4.79 Å². The van der Waals surface area contributed by atoms with Gasteiger partial charge in [0.05, 0.1) is 26.9 Å². The monoisotopic (exact) mass is 342 g/mol. The van der Waals surface area contributed by atoms with E-state index in [0.29, 0.717) is 29.4 Å². The van der Waals surface area contributed by atoms with Crippen molar-refractivity contribution in [3.8, 4) is 17.2 Å². The van der Waals surface area contributed by atoms with E-state index in [1.807, 2.05) is 6.07 Å². The van der Waals surface area contributed by atoms with E-state index in [0.717, 1.165) is 18.7 Å². The van der Waals surface area contributed by atoms with Crippen molar-refractivity contribution >= 4 is 5.91 Å². The third-order valence-corrected chi connectivity index (χ3v) is 4.30. The lowest BCUT2D eigenvalue weighted by Crippen LogP contribution is -2.23. The molecule has 0 aromatic heterocycles. The van der Waals surface area contributed by atoms with E-state index < -0.39 is 0 Å². The molecule has 0 fully saturated rings. The molecule has 0 saturated heterocycles. The van der Waals surface area contributed by atoms with Crippen molar-refractivity contribution in [2.45, 2.75) is 19.6 Å². The van der Waals surface area contributed by atoms with Crippen molar-refractivity contribution in [1.82, 2.24) is 10.6 Å². The number of fused-ring (bicyclic) bond motifs is 1. The molecule has 0 spiro atoms. The molecule has 1 amide bonds. The first-order valence-corrected chi connectivity index (χ1v) is 8.06. The fourth-order valence-electron chi connectivity index (χ4n) is 3.02. The lowest BCUT2D eigenvalue weighted by atomic mass is 10.1. The first-order valence-electron chi connectivity index (χ1n) is 8.06. The molecule has 0 unspecified atom stereocenters. The molecule has 0 saturated carbocycles. The molecule has 0 bridgehead atoms. The van der Waals surface area contributed by atoms with Gasteiger partial charge in [-0.2, -0.15) is 0 Å². The van der Waals surface area contributed by atoms with E-state index in [-0.39, 0.29) is 5.91 Å². The second kappa shape index (κ2) is 7.44. The zero-order valence-electron chi connectivity index (χ0n) is 14.6. The highest BCUT2D eigenvalue weighted by atomic mass is 16.5. The molecular formula is C19H22N2O4. The van der Waals surface area contributed by atoms with Gasteiger partial charge in [-0.05, 0) is 28.8 Å². The number of hydrogen-bond acceptors (Lipinski definition) is 5. The van der Waals surface area contributed by atoms with Gasteiger partial charge >= 0.3 is 0 Å². The summed E-state index contributed by atoms with van der Waals surface area (Å²) >= 11 is 0. The Hall–Kier alpha value is -2.73. The number of carbonyl (C=O) groups excluding carboxylic acids is 1. The third kappa shape index (κ3) is 3.39. The van der Waals surface area contributed by atoms with Crippen molar-refractivity contribution in [2.75, 3.05) is 21.3 Å². The maximum atomic E-state index is 12.6. The van der Waals surface area contributed by atoms with Crippen LogP contribution in [-0.4, -0.2) is 27.2 Å². The molecule has 2 aromatic rings. The normalized spacial score (nSPS) is 12.4. The highest BCUT2D eigenvalue weighted by Gasteiger charge is 2.20. The average molecular weight is 342 g/mol. The summed E-state index contributed by atoms with van der Waals surface area (Å²) in [5, 5.41) is 6.25. The zero-order valence-corrected chi connectivity index (χ0v) is 14.6. The van der Waals surface area contributed by atoms with Gasteiger partial charge in [0.25, 0.3) is 5.91 Å². The van der Waals surface area contributed by atoms with Gasteiger partial charge in [0.2, 0.25) is 5.75 Å². The SMILES string of the molecule is COc1ccc(C(=O)NCc2ccc3c(c2)CNC3)c(OC)c1OC. The van der Waals surface area contributed by atoms with Crippen molar-refractivity contribution in [1.29, 1.82) is 0 Å². The number of ether oxygens (including phenoxy) is 3. The molecule has 132 valence electrons. The molecule has 0 radical (unpaired) electrons. The van der Waals surface area contributed by atoms with Crippen LogP contribution in [0.15, 0.2) is 30.3 Å². The van der Waals surface area contributed by atoms with Gasteiger partial charge in [0.1, 0.15) is 0 Å². The Morgan fingerprint density at radius 2 is 1.76 bits per heavy atom. The molecule has 6 heteroatoms. The Morgan fingerprint density at radius 3 is 2.48 bits per heavy atom. The van der Waals surface area contributed by atoms with Crippen LogP contribution < -0.4 is 24.8 Å². The van der Waals surface area contributed by atoms with Crippen LogP contribution in [-0.2, 0) is 19.6 Å². The number of nitrogens with one attached hydrogen (secondary N) is 2. The number of hydrogen-bond donors (Lipinski definition) is 2. The van der Waals surface area contributed by atoms with Gasteiger partial charge in [-0.3, -0.25) is 4.79 Å². The van der Waals surface area contributed by atoms with E-state index in [4.69, 9.17) is 14.2 Å². The maximum absolute atomic E-state index is 12.6. The highest BCUT2D eigenvalue weighted by molar-refractivity contribution is 5.98. The molecule has 3 rings (SSSR count). The minimum Gasteiger partial charge on any atom is -0.493 e. The van der Waals surface area contributed by atoms with Crippen molar-refractivity contribution < 1.29 is 19.0 Å². The Morgan fingerprint density at radius 1 is 1.00 bits per heavy atom. The van der Waals surface area contributed by atoms with E-state index in [1.165, 1.54) is 25.3 Å². The fraction of sp³-hybridized carbons (Fsp3) is 0.316. The highest BCUT2D eigenvalue weighted by Crippen LogP contribution is 2.39. The van der Waals surface area contributed by atoms with Crippen LogP contribution in [0.25, 0.3) is 0 Å². The van der Waals surface area contributed by atoms with Gasteiger partial charge in [0.15, 0.2) is 11.5 Å². The van der Waals surface area contributed by atoms with Crippen LogP contribution in [0, 0.1) is 0 Å². The van der Waals surface area contributed by atoms with Gasteiger partial charge in [-0.25, -0.2) is 0 Å². The molecule has 2 aromatic carbocycles. The quantitative estimate of drug-likeness (QED) is 0.843. The lowest BCUT2D eigenvalue weighted by molar-refractivity contribution is 0.0947. The fourth-order valence-corrected chi connectivity index (χ4v) is 3.02. The molecule has 2 N–H and O–H groups in total. The van der Waals surface area contributed by atoms with Crippen molar-refractivity contribution in [2.24, 2.45) is 0 Å². The predicted molar refractivity (Wildman–Crippen MR) is 94.3 cm³/mol. The summed E-state index contributed by atoms with van der Waals surface area (Å²) in [5.74, 6) is 1.05.